The fourth-order valence-corrected chi connectivity index (χ4v) is 9.41. The van der Waals surface area contributed by atoms with E-state index in [4.69, 9.17) is 9.72 Å². The Kier molecular flexibility index (Phi) is 16.6. The van der Waals surface area contributed by atoms with E-state index in [0.717, 1.165) is 72.4 Å². The van der Waals surface area contributed by atoms with Gasteiger partial charge in [0.15, 0.2) is 0 Å². The van der Waals surface area contributed by atoms with Gasteiger partial charge in [-0.2, -0.15) is 0 Å². The van der Waals surface area contributed by atoms with E-state index in [-0.39, 0.29) is 41.4 Å². The number of likely N-dealkylation sites (tertiary alicyclic amines) is 1. The van der Waals surface area contributed by atoms with Crippen molar-refractivity contribution in [3.63, 3.8) is 0 Å². The number of halogens is 1. The summed E-state index contributed by atoms with van der Waals surface area (Å²) in [6, 6.07) is 8.65. The van der Waals surface area contributed by atoms with Crippen LogP contribution in [0.4, 0.5) is 4.79 Å². The maximum Gasteiger partial charge on any atom is 0.407 e. The number of nitrogens with one attached hydrogen (secondary N) is 1. The number of Topliss-reactive ketones (excluding diaryl/α,β-unsaturated/α-hetero) is 1. The summed E-state index contributed by atoms with van der Waals surface area (Å²) in [5, 5.41) is 15.5. The minimum Gasteiger partial charge on any atom is -0.465 e. The molecular weight excluding hydrogens is 803 g/mol. The Morgan fingerprint density at radius 2 is 1.74 bits per heavy atom. The molecule has 0 bridgehead atoms. The lowest BCUT2D eigenvalue weighted by atomic mass is 9.90. The zero-order chi connectivity index (χ0) is 41.0. The van der Waals surface area contributed by atoms with Gasteiger partial charge in [-0.1, -0.05) is 87.1 Å². The number of carbonyl (C=O) groups excluding carboxylic acids is 2. The summed E-state index contributed by atoms with van der Waals surface area (Å²) in [4.78, 5) is 57.6. The Bertz CT molecular complexity index is 1860. The molecule has 1 unspecified atom stereocenters. The SMILES string of the molecule is CCC(=O)CCCCC[C@H](NC(=O)C1CC12CCN(C(=O)O)CC2)c1ncc(-c2ccc3c(=O)n(CCCCCCCCBr)ccc3c2)n1COCC[Si](C)(C)C. The monoisotopic (exact) mass is 867 g/mol. The van der Waals surface area contributed by atoms with Crippen molar-refractivity contribution in [2.75, 3.05) is 25.0 Å². The minimum absolute atomic E-state index is 0.00247. The van der Waals surface area contributed by atoms with Crippen LogP contribution in [-0.4, -0.2) is 75.0 Å². The normalized spacial score (nSPS) is 16.9. The molecule has 3 aromatic rings. The van der Waals surface area contributed by atoms with Gasteiger partial charge in [-0.3, -0.25) is 14.4 Å². The highest BCUT2D eigenvalue weighted by molar-refractivity contribution is 9.09. The highest BCUT2D eigenvalue weighted by Crippen LogP contribution is 2.59. The van der Waals surface area contributed by atoms with E-state index in [1.54, 1.807) is 0 Å². The molecule has 2 amide bonds. The molecule has 1 spiro atoms. The molecule has 3 heterocycles. The van der Waals surface area contributed by atoms with Gasteiger partial charge in [0.1, 0.15) is 18.3 Å². The molecule has 11 nitrogen and oxygen atoms in total. The van der Waals surface area contributed by atoms with Gasteiger partial charge in [-0.05, 0) is 80.0 Å². The van der Waals surface area contributed by atoms with Crippen LogP contribution in [0.3, 0.4) is 0 Å². The molecule has 2 N–H and O–H groups in total. The third-order valence-electron chi connectivity index (χ3n) is 12.2. The summed E-state index contributed by atoms with van der Waals surface area (Å²) in [6.45, 7) is 11.4. The average Bonchev–Trinajstić information content (AvgIpc) is 3.72. The minimum atomic E-state index is -1.34. The van der Waals surface area contributed by atoms with E-state index < -0.39 is 14.2 Å². The van der Waals surface area contributed by atoms with Gasteiger partial charge in [-0.25, -0.2) is 9.78 Å². The highest BCUT2D eigenvalue weighted by Gasteiger charge is 2.59. The van der Waals surface area contributed by atoms with Crippen molar-refractivity contribution in [1.29, 1.82) is 0 Å². The van der Waals surface area contributed by atoms with Gasteiger partial charge in [0.25, 0.3) is 5.56 Å². The number of carbonyl (C=O) groups is 3. The molecule has 314 valence electrons. The number of benzene rings is 1. The molecule has 2 atom stereocenters. The third kappa shape index (κ3) is 12.6. The number of imidazole rings is 1. The summed E-state index contributed by atoms with van der Waals surface area (Å²) in [5.41, 5.74) is 1.67. The van der Waals surface area contributed by atoms with Gasteiger partial charge in [0, 0.05) is 75.6 Å². The first-order valence-electron chi connectivity index (χ1n) is 21.5. The Labute approximate surface area is 348 Å². The average molecular weight is 869 g/mol. The van der Waals surface area contributed by atoms with Crippen LogP contribution in [0, 0.1) is 11.3 Å². The molecule has 1 saturated carbocycles. The Morgan fingerprint density at radius 3 is 2.44 bits per heavy atom. The van der Waals surface area contributed by atoms with Gasteiger partial charge < -0.3 is 29.2 Å². The standard InChI is InChI=1S/C44H66BrN5O6Si/c1-5-35(51)15-11-10-12-16-38(47-41(52)37-30-44(37)20-25-49(26-21-44)43(54)55)40-46-31-39(50(40)32-56-27-28-57(2,3)4)34-17-18-36-33(29-34)19-24-48(42(36)53)23-14-9-7-6-8-13-22-45/h17-19,24,29,31,37-38H,5-16,20-23,25-28,30,32H2,1-4H3,(H,47,52)(H,54,55)/t37?,38-/m0/s1. The predicted octanol–water partition coefficient (Wildman–Crippen LogP) is 9.78. The zero-order valence-corrected chi connectivity index (χ0v) is 37.4. The number of amides is 2. The van der Waals surface area contributed by atoms with Crippen molar-refractivity contribution < 1.29 is 24.2 Å². The van der Waals surface area contributed by atoms with Crippen LogP contribution in [0.5, 0.6) is 0 Å². The number of pyridine rings is 1. The first-order valence-corrected chi connectivity index (χ1v) is 26.3. The number of aromatic nitrogens is 3. The fraction of sp³-hybridized carbons (Fsp3) is 0.659. The largest absolute Gasteiger partial charge is 0.465 e. The molecular formula is C44H66BrN5O6Si. The number of fused-ring (bicyclic) bond motifs is 1. The second-order valence-corrected chi connectivity index (χ2v) is 24.1. The molecule has 2 aromatic heterocycles. The lowest BCUT2D eigenvalue weighted by Gasteiger charge is -2.31. The molecule has 0 radical (unpaired) electrons. The van der Waals surface area contributed by atoms with Crippen LogP contribution in [0.25, 0.3) is 22.0 Å². The number of unbranched alkanes of at least 4 members (excludes halogenated alkanes) is 7. The number of hydrogen-bond acceptors (Lipinski definition) is 6. The van der Waals surface area contributed by atoms with Crippen molar-refractivity contribution in [3.8, 4) is 11.3 Å². The van der Waals surface area contributed by atoms with E-state index >= 15 is 0 Å². The number of piperidine rings is 1. The topological polar surface area (TPSA) is 136 Å². The predicted molar refractivity (Wildman–Crippen MR) is 234 cm³/mol. The molecule has 1 aliphatic carbocycles. The van der Waals surface area contributed by atoms with Crippen molar-refractivity contribution in [3.05, 3.63) is 52.8 Å². The maximum absolute atomic E-state index is 14.0. The van der Waals surface area contributed by atoms with Crippen LogP contribution in [-0.2, 0) is 27.6 Å². The number of carboxylic acid groups (broad SMARTS) is 1. The van der Waals surface area contributed by atoms with E-state index in [1.165, 1.54) is 30.6 Å². The van der Waals surface area contributed by atoms with E-state index in [1.807, 2.05) is 42.1 Å². The van der Waals surface area contributed by atoms with E-state index in [9.17, 15) is 24.3 Å². The molecule has 2 fully saturated rings. The van der Waals surface area contributed by atoms with Crippen LogP contribution >= 0.6 is 15.9 Å². The van der Waals surface area contributed by atoms with Crippen molar-refractivity contribution in [2.45, 2.75) is 148 Å². The van der Waals surface area contributed by atoms with Gasteiger partial charge in [-0.15, -0.1) is 0 Å². The second-order valence-electron chi connectivity index (χ2n) is 17.6. The number of nitrogens with zero attached hydrogens (tertiary/aromatic N) is 4. The Morgan fingerprint density at radius 1 is 1.02 bits per heavy atom. The summed E-state index contributed by atoms with van der Waals surface area (Å²) >= 11 is 3.50. The molecule has 5 rings (SSSR count). The fourth-order valence-electron chi connectivity index (χ4n) is 8.25. The number of alkyl halides is 1. The number of hydrogen-bond donors (Lipinski definition) is 2. The lowest BCUT2D eigenvalue weighted by Crippen LogP contribution is -2.40. The van der Waals surface area contributed by atoms with Crippen LogP contribution in [0.1, 0.15) is 115 Å². The quantitative estimate of drug-likeness (QED) is 0.0520. The Balaban J connectivity index is 1.38. The van der Waals surface area contributed by atoms with Crippen molar-refractivity contribution in [1.82, 2.24) is 24.3 Å². The van der Waals surface area contributed by atoms with Crippen molar-refractivity contribution >= 4 is 52.6 Å². The Hall–Kier alpha value is -3.29. The first-order chi connectivity index (χ1) is 27.4. The van der Waals surface area contributed by atoms with Gasteiger partial charge in [0.2, 0.25) is 5.91 Å². The summed E-state index contributed by atoms with van der Waals surface area (Å²) in [7, 11) is -1.34. The molecule has 1 saturated heterocycles. The zero-order valence-electron chi connectivity index (χ0n) is 34.8. The van der Waals surface area contributed by atoms with Crippen LogP contribution in [0.2, 0.25) is 25.7 Å². The molecule has 13 heteroatoms. The summed E-state index contributed by atoms with van der Waals surface area (Å²) in [6.07, 6.45) is 16.3. The molecule has 1 aliphatic heterocycles. The lowest BCUT2D eigenvalue weighted by molar-refractivity contribution is -0.124. The first kappa shape index (κ1) is 44.8. The number of ketones is 1. The number of rotatable bonds is 24. The summed E-state index contributed by atoms with van der Waals surface area (Å²) in [5.74, 6) is 0.846. The second kappa shape index (κ2) is 21.1. The van der Waals surface area contributed by atoms with Crippen LogP contribution in [0.15, 0.2) is 41.5 Å². The number of ether oxygens (including phenoxy) is 1. The molecule has 2 aliphatic rings. The van der Waals surface area contributed by atoms with Gasteiger partial charge >= 0.3 is 6.09 Å². The third-order valence-corrected chi connectivity index (χ3v) is 14.4. The van der Waals surface area contributed by atoms with Gasteiger partial charge in [0.05, 0.1) is 17.9 Å². The maximum atomic E-state index is 14.0. The molecule has 1 aromatic carbocycles. The summed E-state index contributed by atoms with van der Waals surface area (Å²) < 4.78 is 10.3. The van der Waals surface area contributed by atoms with Crippen LogP contribution < -0.4 is 10.9 Å². The smallest absolute Gasteiger partial charge is 0.407 e. The highest BCUT2D eigenvalue weighted by atomic mass is 79.9. The number of aryl methyl sites for hydroxylation is 1. The van der Waals surface area contributed by atoms with E-state index in [0.29, 0.717) is 63.7 Å². The van der Waals surface area contributed by atoms with Crippen molar-refractivity contribution in [2.24, 2.45) is 11.3 Å². The van der Waals surface area contributed by atoms with E-state index in [2.05, 4.69) is 51.5 Å². The molecule has 57 heavy (non-hydrogen) atoms.